The molecule has 0 saturated heterocycles. The zero-order valence-electron chi connectivity index (χ0n) is 11.2. The van der Waals surface area contributed by atoms with Crippen LogP contribution in [0.4, 0.5) is 26.3 Å². The van der Waals surface area contributed by atoms with E-state index in [1.165, 1.54) is 12.1 Å². The third-order valence-electron chi connectivity index (χ3n) is 2.86. The van der Waals surface area contributed by atoms with Crippen molar-refractivity contribution in [1.82, 2.24) is 0 Å². The van der Waals surface area contributed by atoms with Gasteiger partial charge < -0.3 is 4.74 Å². The molecule has 0 aliphatic rings. The molecule has 2 aromatic carbocycles. The maximum atomic E-state index is 13.1. The van der Waals surface area contributed by atoms with Gasteiger partial charge >= 0.3 is 12.5 Å². The molecule has 0 amide bonds. The number of alkyl halides is 6. The second kappa shape index (κ2) is 5.83. The summed E-state index contributed by atoms with van der Waals surface area (Å²) in [7, 11) is 0. The molecule has 8 heteroatoms. The van der Waals surface area contributed by atoms with Crippen LogP contribution in [0, 0.1) is 11.3 Å². The van der Waals surface area contributed by atoms with E-state index in [1.54, 1.807) is 6.07 Å². The summed E-state index contributed by atoms with van der Waals surface area (Å²) >= 11 is 0. The number of hydrogen-bond donors (Lipinski definition) is 0. The monoisotopic (exact) mass is 331 g/mol. The molecule has 2 aromatic rings. The number of benzene rings is 2. The lowest BCUT2D eigenvalue weighted by Gasteiger charge is -2.17. The van der Waals surface area contributed by atoms with Crippen molar-refractivity contribution in [3.63, 3.8) is 0 Å². The summed E-state index contributed by atoms with van der Waals surface area (Å²) in [6.07, 6.45) is -9.88. The van der Waals surface area contributed by atoms with E-state index in [0.29, 0.717) is 6.07 Å². The Balaban J connectivity index is 2.66. The van der Waals surface area contributed by atoms with Crippen molar-refractivity contribution in [2.24, 2.45) is 0 Å². The largest absolute Gasteiger partial charge is 0.573 e. The topological polar surface area (TPSA) is 33.0 Å². The van der Waals surface area contributed by atoms with Crippen molar-refractivity contribution in [2.75, 3.05) is 0 Å². The van der Waals surface area contributed by atoms with Gasteiger partial charge in [-0.25, -0.2) is 0 Å². The quantitative estimate of drug-likeness (QED) is 0.714. The summed E-state index contributed by atoms with van der Waals surface area (Å²) in [5.74, 6) is -0.754. The molecule has 0 aliphatic carbocycles. The van der Waals surface area contributed by atoms with Crippen molar-refractivity contribution in [2.45, 2.75) is 12.5 Å². The Morgan fingerprint density at radius 2 is 1.52 bits per heavy atom. The van der Waals surface area contributed by atoms with Gasteiger partial charge in [-0.1, -0.05) is 24.3 Å². The third kappa shape index (κ3) is 3.94. The fourth-order valence-corrected chi connectivity index (χ4v) is 1.99. The lowest BCUT2D eigenvalue weighted by atomic mass is 9.96. The van der Waals surface area contributed by atoms with Crippen LogP contribution >= 0.6 is 0 Å². The fraction of sp³-hybridized carbons (Fsp3) is 0.133. The molecule has 0 bridgehead atoms. The number of para-hydroxylation sites is 1. The summed E-state index contributed by atoms with van der Waals surface area (Å²) in [6, 6.07) is 8.68. The number of hydrogen-bond acceptors (Lipinski definition) is 2. The number of halogens is 6. The van der Waals surface area contributed by atoms with Gasteiger partial charge in [-0.2, -0.15) is 18.4 Å². The SMILES string of the molecule is N#Cc1ccc(-c2ccccc2OC(F)(F)F)c(C(F)(F)F)c1. The Hall–Kier alpha value is -2.69. The number of rotatable bonds is 2. The van der Waals surface area contributed by atoms with Crippen LogP contribution in [0.25, 0.3) is 11.1 Å². The van der Waals surface area contributed by atoms with Crippen molar-refractivity contribution >= 4 is 0 Å². The van der Waals surface area contributed by atoms with Crippen molar-refractivity contribution in [3.8, 4) is 22.9 Å². The van der Waals surface area contributed by atoms with Crippen molar-refractivity contribution in [3.05, 3.63) is 53.6 Å². The second-order valence-electron chi connectivity index (χ2n) is 4.41. The fourth-order valence-electron chi connectivity index (χ4n) is 1.99. The standard InChI is InChI=1S/C15H7F6NO/c16-14(17,18)12-7-9(8-22)5-6-10(12)11-3-1-2-4-13(11)23-15(19,20)21/h1-7H. The van der Waals surface area contributed by atoms with Crippen LogP contribution in [0.3, 0.4) is 0 Å². The maximum Gasteiger partial charge on any atom is 0.573 e. The van der Waals surface area contributed by atoms with Crippen LogP contribution in [0.15, 0.2) is 42.5 Å². The van der Waals surface area contributed by atoms with E-state index >= 15 is 0 Å². The zero-order valence-corrected chi connectivity index (χ0v) is 11.2. The summed E-state index contributed by atoms with van der Waals surface area (Å²) in [6.45, 7) is 0. The Bertz CT molecular complexity index is 758. The van der Waals surface area contributed by atoms with Gasteiger partial charge in [0, 0.05) is 5.56 Å². The number of nitriles is 1. The normalized spacial score (nSPS) is 11.9. The van der Waals surface area contributed by atoms with Crippen LogP contribution in [0.1, 0.15) is 11.1 Å². The Morgan fingerprint density at radius 3 is 2.09 bits per heavy atom. The summed E-state index contributed by atoms with van der Waals surface area (Å²) < 4.78 is 80.4. The average Bonchev–Trinajstić information content (AvgIpc) is 2.45. The molecular formula is C15H7F6NO. The molecule has 0 unspecified atom stereocenters. The maximum absolute atomic E-state index is 13.1. The van der Waals surface area contributed by atoms with E-state index in [1.807, 2.05) is 0 Å². The van der Waals surface area contributed by atoms with Crippen LogP contribution in [0.2, 0.25) is 0 Å². The van der Waals surface area contributed by atoms with Crippen molar-refractivity contribution < 1.29 is 31.1 Å². The van der Waals surface area contributed by atoms with Gasteiger partial charge in [-0.05, 0) is 23.8 Å². The highest BCUT2D eigenvalue weighted by Crippen LogP contribution is 2.41. The van der Waals surface area contributed by atoms with E-state index < -0.39 is 29.4 Å². The van der Waals surface area contributed by atoms with Gasteiger partial charge in [-0.15, -0.1) is 13.2 Å². The number of ether oxygens (including phenoxy) is 1. The summed E-state index contributed by atoms with van der Waals surface area (Å²) in [5.41, 5.74) is -2.34. The summed E-state index contributed by atoms with van der Waals surface area (Å²) in [5, 5.41) is 8.71. The van der Waals surface area contributed by atoms with Crippen LogP contribution in [-0.2, 0) is 6.18 Å². The first-order valence-electron chi connectivity index (χ1n) is 6.08. The molecule has 2 nitrogen and oxygen atoms in total. The van der Waals surface area contributed by atoms with Gasteiger partial charge in [0.25, 0.3) is 0 Å². The predicted molar refractivity (Wildman–Crippen MR) is 68.3 cm³/mol. The number of nitrogens with zero attached hydrogens (tertiary/aromatic N) is 1. The average molecular weight is 331 g/mol. The molecular weight excluding hydrogens is 324 g/mol. The molecule has 0 radical (unpaired) electrons. The Kier molecular flexibility index (Phi) is 4.23. The molecule has 0 heterocycles. The highest BCUT2D eigenvalue weighted by molar-refractivity contribution is 5.74. The first kappa shape index (κ1) is 16.7. The molecule has 0 fully saturated rings. The highest BCUT2D eigenvalue weighted by Gasteiger charge is 2.36. The molecule has 0 N–H and O–H groups in total. The molecule has 0 aliphatic heterocycles. The van der Waals surface area contributed by atoms with E-state index in [2.05, 4.69) is 4.74 Å². The minimum atomic E-state index is -5.04. The highest BCUT2D eigenvalue weighted by atomic mass is 19.4. The molecule has 0 atom stereocenters. The van der Waals surface area contributed by atoms with Gasteiger partial charge in [-0.3, -0.25) is 0 Å². The third-order valence-corrected chi connectivity index (χ3v) is 2.86. The first-order chi connectivity index (χ1) is 10.6. The molecule has 2 rings (SSSR count). The zero-order chi connectivity index (χ0) is 17.3. The van der Waals surface area contributed by atoms with Crippen LogP contribution < -0.4 is 4.74 Å². The van der Waals surface area contributed by atoms with Crippen molar-refractivity contribution in [1.29, 1.82) is 5.26 Å². The van der Waals surface area contributed by atoms with Crippen LogP contribution in [-0.4, -0.2) is 6.36 Å². The van der Waals surface area contributed by atoms with Gasteiger partial charge in [0.2, 0.25) is 0 Å². The first-order valence-corrected chi connectivity index (χ1v) is 6.08. The van der Waals surface area contributed by atoms with Gasteiger partial charge in [0.1, 0.15) is 5.75 Å². The second-order valence-corrected chi connectivity index (χ2v) is 4.41. The van der Waals surface area contributed by atoms with Gasteiger partial charge in [0.15, 0.2) is 0 Å². The molecule has 23 heavy (non-hydrogen) atoms. The molecule has 120 valence electrons. The minimum absolute atomic E-state index is 0.254. The lowest BCUT2D eigenvalue weighted by Crippen LogP contribution is -2.18. The van der Waals surface area contributed by atoms with E-state index in [-0.39, 0.29) is 11.1 Å². The van der Waals surface area contributed by atoms with E-state index in [4.69, 9.17) is 5.26 Å². The predicted octanol–water partition coefficient (Wildman–Crippen LogP) is 5.14. The van der Waals surface area contributed by atoms with Gasteiger partial charge in [0.05, 0.1) is 17.2 Å². The lowest BCUT2D eigenvalue weighted by molar-refractivity contribution is -0.274. The minimum Gasteiger partial charge on any atom is -0.405 e. The summed E-state index contributed by atoms with van der Waals surface area (Å²) in [4.78, 5) is 0. The Labute approximate surface area is 126 Å². The smallest absolute Gasteiger partial charge is 0.405 e. The Morgan fingerprint density at radius 1 is 0.870 bits per heavy atom. The van der Waals surface area contributed by atoms with E-state index in [0.717, 1.165) is 24.3 Å². The van der Waals surface area contributed by atoms with Crippen LogP contribution in [0.5, 0.6) is 5.75 Å². The molecule has 0 saturated carbocycles. The molecule has 0 spiro atoms. The molecule has 0 aromatic heterocycles. The van der Waals surface area contributed by atoms with E-state index in [9.17, 15) is 26.3 Å².